The fraction of sp³-hybridized carbons (Fsp3) is 1.00. The summed E-state index contributed by atoms with van der Waals surface area (Å²) >= 11 is 0. The Morgan fingerprint density at radius 3 is 2.25 bits per heavy atom. The molecule has 0 aromatic heterocycles. The summed E-state index contributed by atoms with van der Waals surface area (Å²) in [5, 5.41) is 19.4. The van der Waals surface area contributed by atoms with Crippen LogP contribution in [0.3, 0.4) is 0 Å². The molecule has 1 aliphatic rings. The topological polar surface area (TPSA) is 40.5 Å². The molecule has 0 heterocycles. The van der Waals surface area contributed by atoms with E-state index in [9.17, 15) is 10.2 Å². The van der Waals surface area contributed by atoms with E-state index in [1.807, 2.05) is 13.8 Å². The van der Waals surface area contributed by atoms with Crippen molar-refractivity contribution in [2.75, 3.05) is 0 Å². The molecule has 1 fully saturated rings. The van der Waals surface area contributed by atoms with E-state index in [1.54, 1.807) is 0 Å². The summed E-state index contributed by atoms with van der Waals surface area (Å²) in [6.45, 7) is 4.01. The van der Waals surface area contributed by atoms with Crippen LogP contribution in [0.2, 0.25) is 0 Å². The maximum atomic E-state index is 9.76. The molecule has 72 valence electrons. The molecule has 0 spiro atoms. The predicted octanol–water partition coefficient (Wildman–Crippen LogP) is 1.55. The second-order valence-corrected chi connectivity index (χ2v) is 4.25. The van der Waals surface area contributed by atoms with Crippen LogP contribution in [0.1, 0.15) is 39.5 Å². The van der Waals surface area contributed by atoms with Crippen molar-refractivity contribution in [3.63, 3.8) is 0 Å². The van der Waals surface area contributed by atoms with E-state index in [1.165, 1.54) is 0 Å². The first-order chi connectivity index (χ1) is 5.63. The SMILES string of the molecule is CC(C)[C@H](O)[C@@H]1CCCC[C@@H]1O. The Kier molecular flexibility index (Phi) is 3.53. The van der Waals surface area contributed by atoms with Gasteiger partial charge in [0.15, 0.2) is 0 Å². The van der Waals surface area contributed by atoms with Crippen LogP contribution < -0.4 is 0 Å². The molecule has 2 N–H and O–H groups in total. The molecule has 0 bridgehead atoms. The highest BCUT2D eigenvalue weighted by Gasteiger charge is 2.30. The van der Waals surface area contributed by atoms with Crippen molar-refractivity contribution in [2.24, 2.45) is 11.8 Å². The Morgan fingerprint density at radius 2 is 1.75 bits per heavy atom. The Morgan fingerprint density at radius 1 is 1.17 bits per heavy atom. The molecule has 2 heteroatoms. The molecule has 0 radical (unpaired) electrons. The van der Waals surface area contributed by atoms with Gasteiger partial charge in [0.1, 0.15) is 0 Å². The summed E-state index contributed by atoms with van der Waals surface area (Å²) in [6, 6.07) is 0. The molecule has 0 aliphatic heterocycles. The maximum absolute atomic E-state index is 9.76. The second kappa shape index (κ2) is 4.24. The van der Waals surface area contributed by atoms with Gasteiger partial charge in [0.05, 0.1) is 12.2 Å². The molecule has 12 heavy (non-hydrogen) atoms. The van der Waals surface area contributed by atoms with Crippen LogP contribution in [0.25, 0.3) is 0 Å². The highest BCUT2D eigenvalue weighted by Crippen LogP contribution is 2.29. The van der Waals surface area contributed by atoms with E-state index in [-0.39, 0.29) is 24.0 Å². The monoisotopic (exact) mass is 172 g/mol. The van der Waals surface area contributed by atoms with Crippen molar-refractivity contribution < 1.29 is 10.2 Å². The minimum Gasteiger partial charge on any atom is -0.393 e. The van der Waals surface area contributed by atoms with Gasteiger partial charge in [-0.15, -0.1) is 0 Å². The molecular formula is C10H20O2. The van der Waals surface area contributed by atoms with Crippen molar-refractivity contribution in [1.29, 1.82) is 0 Å². The summed E-state index contributed by atoms with van der Waals surface area (Å²) in [5.41, 5.74) is 0. The lowest BCUT2D eigenvalue weighted by atomic mass is 9.79. The first-order valence-electron chi connectivity index (χ1n) is 4.99. The lowest BCUT2D eigenvalue weighted by Crippen LogP contribution is -2.37. The first-order valence-corrected chi connectivity index (χ1v) is 4.99. The highest BCUT2D eigenvalue weighted by atomic mass is 16.3. The molecule has 0 saturated heterocycles. The Labute approximate surface area is 74.6 Å². The van der Waals surface area contributed by atoms with Crippen LogP contribution in [0.4, 0.5) is 0 Å². The Bertz CT molecular complexity index is 134. The third-order valence-electron chi connectivity index (χ3n) is 2.90. The zero-order valence-electron chi connectivity index (χ0n) is 8.03. The molecule has 2 nitrogen and oxygen atoms in total. The summed E-state index contributed by atoms with van der Waals surface area (Å²) in [4.78, 5) is 0. The lowest BCUT2D eigenvalue weighted by Gasteiger charge is -2.33. The quantitative estimate of drug-likeness (QED) is 0.663. The van der Waals surface area contributed by atoms with Gasteiger partial charge >= 0.3 is 0 Å². The molecule has 1 saturated carbocycles. The van der Waals surface area contributed by atoms with Crippen molar-refractivity contribution in [1.82, 2.24) is 0 Å². The standard InChI is InChI=1S/C10H20O2/c1-7(2)10(12)8-5-3-4-6-9(8)11/h7-12H,3-6H2,1-2H3/t8-,9+,10+/m1/s1. The largest absolute Gasteiger partial charge is 0.393 e. The minimum absolute atomic E-state index is 0.124. The molecule has 0 aromatic carbocycles. The van der Waals surface area contributed by atoms with Gasteiger partial charge in [-0.05, 0) is 18.8 Å². The summed E-state index contributed by atoms with van der Waals surface area (Å²) < 4.78 is 0. The van der Waals surface area contributed by atoms with E-state index >= 15 is 0 Å². The van der Waals surface area contributed by atoms with E-state index in [0.29, 0.717) is 0 Å². The van der Waals surface area contributed by atoms with Gasteiger partial charge in [0.2, 0.25) is 0 Å². The third kappa shape index (κ3) is 2.20. The predicted molar refractivity (Wildman–Crippen MR) is 48.8 cm³/mol. The van der Waals surface area contributed by atoms with Gasteiger partial charge in [0, 0.05) is 5.92 Å². The smallest absolute Gasteiger partial charge is 0.0615 e. The molecule has 0 amide bonds. The fourth-order valence-electron chi connectivity index (χ4n) is 2.03. The zero-order chi connectivity index (χ0) is 9.14. The third-order valence-corrected chi connectivity index (χ3v) is 2.90. The van der Waals surface area contributed by atoms with Crippen molar-refractivity contribution in [3.05, 3.63) is 0 Å². The Hall–Kier alpha value is -0.0800. The molecule has 1 aliphatic carbocycles. The molecule has 0 unspecified atom stereocenters. The minimum atomic E-state index is -0.319. The maximum Gasteiger partial charge on any atom is 0.0615 e. The van der Waals surface area contributed by atoms with Crippen LogP contribution in [0.5, 0.6) is 0 Å². The van der Waals surface area contributed by atoms with Crippen molar-refractivity contribution in [3.8, 4) is 0 Å². The van der Waals surface area contributed by atoms with E-state index in [0.717, 1.165) is 25.7 Å². The van der Waals surface area contributed by atoms with E-state index in [2.05, 4.69) is 0 Å². The average molecular weight is 172 g/mol. The highest BCUT2D eigenvalue weighted by molar-refractivity contribution is 4.81. The number of aliphatic hydroxyl groups excluding tert-OH is 2. The zero-order valence-corrected chi connectivity index (χ0v) is 8.03. The van der Waals surface area contributed by atoms with E-state index < -0.39 is 0 Å². The first kappa shape index (κ1) is 10.0. The normalized spacial score (nSPS) is 33.8. The van der Waals surface area contributed by atoms with Crippen LogP contribution in [0.15, 0.2) is 0 Å². The van der Waals surface area contributed by atoms with Crippen molar-refractivity contribution >= 4 is 0 Å². The summed E-state index contributed by atoms with van der Waals surface area (Å²) in [6.07, 6.45) is 3.54. The summed E-state index contributed by atoms with van der Waals surface area (Å²) in [5.74, 6) is 0.390. The molecule has 1 rings (SSSR count). The van der Waals surface area contributed by atoms with Gasteiger partial charge in [-0.25, -0.2) is 0 Å². The molecule has 3 atom stereocenters. The van der Waals surface area contributed by atoms with Crippen LogP contribution in [0, 0.1) is 11.8 Å². The number of aliphatic hydroxyl groups is 2. The Balaban J connectivity index is 2.47. The fourth-order valence-corrected chi connectivity index (χ4v) is 2.03. The number of hydrogen-bond acceptors (Lipinski definition) is 2. The van der Waals surface area contributed by atoms with Gasteiger partial charge < -0.3 is 10.2 Å². The van der Waals surface area contributed by atoms with Gasteiger partial charge in [-0.1, -0.05) is 26.7 Å². The van der Waals surface area contributed by atoms with Crippen molar-refractivity contribution in [2.45, 2.75) is 51.7 Å². The van der Waals surface area contributed by atoms with Gasteiger partial charge in [-0.2, -0.15) is 0 Å². The van der Waals surface area contributed by atoms with E-state index in [4.69, 9.17) is 0 Å². The molecular weight excluding hydrogens is 152 g/mol. The van der Waals surface area contributed by atoms with Gasteiger partial charge in [0.25, 0.3) is 0 Å². The van der Waals surface area contributed by atoms with Crippen LogP contribution in [-0.2, 0) is 0 Å². The second-order valence-electron chi connectivity index (χ2n) is 4.25. The van der Waals surface area contributed by atoms with Crippen LogP contribution >= 0.6 is 0 Å². The number of rotatable bonds is 2. The molecule has 0 aromatic rings. The van der Waals surface area contributed by atoms with Gasteiger partial charge in [-0.3, -0.25) is 0 Å². The lowest BCUT2D eigenvalue weighted by molar-refractivity contribution is -0.0320. The number of hydrogen-bond donors (Lipinski definition) is 2. The summed E-state index contributed by atoms with van der Waals surface area (Å²) in [7, 11) is 0. The van der Waals surface area contributed by atoms with Crippen LogP contribution in [-0.4, -0.2) is 22.4 Å². The average Bonchev–Trinajstić information content (AvgIpc) is 2.04.